The van der Waals surface area contributed by atoms with Crippen LogP contribution in [0.25, 0.3) is 0 Å². The third-order valence-corrected chi connectivity index (χ3v) is 2.86. The van der Waals surface area contributed by atoms with Crippen molar-refractivity contribution in [3.8, 4) is 0 Å². The number of halogens is 1. The zero-order valence-corrected chi connectivity index (χ0v) is 12.1. The predicted molar refractivity (Wildman–Crippen MR) is 79.5 cm³/mol. The lowest BCUT2D eigenvalue weighted by molar-refractivity contribution is -0.126. The number of hydrazine groups is 1. The maximum absolute atomic E-state index is 13.0. The van der Waals surface area contributed by atoms with Crippen molar-refractivity contribution in [2.24, 2.45) is 0 Å². The quantitative estimate of drug-likeness (QED) is 0.595. The molecule has 0 saturated carbocycles. The van der Waals surface area contributed by atoms with Crippen molar-refractivity contribution < 1.29 is 18.8 Å². The molecule has 0 aliphatic heterocycles. The Bertz CT molecular complexity index is 701. The summed E-state index contributed by atoms with van der Waals surface area (Å²) in [5.74, 6) is -1.95. The van der Waals surface area contributed by atoms with Crippen molar-refractivity contribution in [1.29, 1.82) is 0 Å². The molecule has 0 aliphatic carbocycles. The third-order valence-electron chi connectivity index (χ3n) is 2.86. The molecule has 0 atom stereocenters. The Morgan fingerprint density at radius 1 is 1.04 bits per heavy atom. The molecule has 0 bridgehead atoms. The van der Waals surface area contributed by atoms with Gasteiger partial charge >= 0.3 is 0 Å². The third kappa shape index (κ3) is 5.27. The van der Waals surface area contributed by atoms with E-state index in [0.717, 1.165) is 0 Å². The molecule has 2 rings (SSSR count). The number of rotatable bonds is 5. The maximum Gasteiger partial charge on any atom is 0.286 e. The largest absolute Gasteiger partial charge is 0.357 e. The molecular weight excluding hydrogens is 303 g/mol. The first kappa shape index (κ1) is 16.2. The molecule has 23 heavy (non-hydrogen) atoms. The number of benzene rings is 1. The van der Waals surface area contributed by atoms with Crippen LogP contribution in [0.2, 0.25) is 0 Å². The molecule has 1 heterocycles. The fraction of sp³-hybridized carbons (Fsp3) is 0.133. The number of aromatic nitrogens is 1. The molecule has 8 heteroatoms. The van der Waals surface area contributed by atoms with Gasteiger partial charge in [0.25, 0.3) is 11.8 Å². The molecule has 120 valence electrons. The van der Waals surface area contributed by atoms with Crippen LogP contribution in [-0.2, 0) is 16.0 Å². The van der Waals surface area contributed by atoms with Gasteiger partial charge in [-0.25, -0.2) is 4.39 Å². The van der Waals surface area contributed by atoms with E-state index in [2.05, 4.69) is 21.2 Å². The van der Waals surface area contributed by atoms with Gasteiger partial charge in [0.05, 0.1) is 13.0 Å². The van der Waals surface area contributed by atoms with E-state index in [-0.39, 0.29) is 13.0 Å². The smallest absolute Gasteiger partial charge is 0.286 e. The molecule has 0 saturated heterocycles. The summed E-state index contributed by atoms with van der Waals surface area (Å²) >= 11 is 0. The zero-order valence-electron chi connectivity index (χ0n) is 12.1. The van der Waals surface area contributed by atoms with Crippen LogP contribution in [-0.4, -0.2) is 29.3 Å². The molecule has 1 aromatic heterocycles. The predicted octanol–water partition coefficient (Wildman–Crippen LogP) is 0.274. The van der Waals surface area contributed by atoms with E-state index in [1.54, 1.807) is 24.4 Å². The number of H-pyrrole nitrogens is 1. The Kier molecular flexibility index (Phi) is 5.45. The average molecular weight is 318 g/mol. The summed E-state index contributed by atoms with van der Waals surface area (Å²) in [6, 6.07) is 8.82. The Hall–Kier alpha value is -3.16. The van der Waals surface area contributed by atoms with E-state index < -0.39 is 23.5 Å². The molecular formula is C15H15FN4O3. The molecule has 0 fully saturated rings. The first-order valence-electron chi connectivity index (χ1n) is 6.78. The minimum Gasteiger partial charge on any atom is -0.357 e. The highest BCUT2D eigenvalue weighted by atomic mass is 19.1. The standard InChI is InChI=1S/C15H15FN4O3/c16-11-4-1-3-10(7-11)8-13(21)18-9-14(22)19-20-15(23)12-5-2-6-17-12/h1-7,17H,8-9H2,(H,18,21)(H,19,22)(H,20,23). The summed E-state index contributed by atoms with van der Waals surface area (Å²) in [5, 5.41) is 2.38. The normalized spacial score (nSPS) is 9.96. The minimum atomic E-state index is -0.586. The molecule has 0 aliphatic rings. The van der Waals surface area contributed by atoms with E-state index in [1.807, 2.05) is 0 Å². The van der Waals surface area contributed by atoms with Crippen molar-refractivity contribution in [1.82, 2.24) is 21.2 Å². The van der Waals surface area contributed by atoms with Crippen LogP contribution < -0.4 is 16.2 Å². The summed E-state index contributed by atoms with van der Waals surface area (Å²) in [6.07, 6.45) is 1.53. The van der Waals surface area contributed by atoms with Gasteiger partial charge in [-0.2, -0.15) is 0 Å². The van der Waals surface area contributed by atoms with Crippen LogP contribution in [0.4, 0.5) is 4.39 Å². The molecule has 2 aromatic rings. The van der Waals surface area contributed by atoms with Crippen molar-refractivity contribution in [2.45, 2.75) is 6.42 Å². The number of hydrogen-bond donors (Lipinski definition) is 4. The maximum atomic E-state index is 13.0. The first-order valence-corrected chi connectivity index (χ1v) is 6.78. The SMILES string of the molecule is O=C(Cc1cccc(F)c1)NCC(=O)NNC(=O)c1ccc[nH]1. The van der Waals surface area contributed by atoms with Gasteiger partial charge < -0.3 is 10.3 Å². The van der Waals surface area contributed by atoms with Gasteiger partial charge in [-0.3, -0.25) is 25.2 Å². The summed E-state index contributed by atoms with van der Waals surface area (Å²) in [6.45, 7) is -0.306. The summed E-state index contributed by atoms with van der Waals surface area (Å²) in [4.78, 5) is 37.4. The second kappa shape index (κ2) is 7.74. The lowest BCUT2D eigenvalue weighted by Gasteiger charge is -2.08. The number of hydrogen-bond acceptors (Lipinski definition) is 3. The van der Waals surface area contributed by atoms with Gasteiger partial charge in [0.1, 0.15) is 11.5 Å². The summed E-state index contributed by atoms with van der Waals surface area (Å²) in [7, 11) is 0. The number of nitrogens with one attached hydrogen (secondary N) is 4. The molecule has 1 aromatic carbocycles. The monoisotopic (exact) mass is 318 g/mol. The van der Waals surface area contributed by atoms with Crippen molar-refractivity contribution in [3.05, 3.63) is 59.7 Å². The number of aromatic amines is 1. The summed E-state index contributed by atoms with van der Waals surface area (Å²) in [5.41, 5.74) is 5.16. The number of carbonyl (C=O) groups is 3. The van der Waals surface area contributed by atoms with Gasteiger partial charge in [0, 0.05) is 6.20 Å². The summed E-state index contributed by atoms with van der Waals surface area (Å²) < 4.78 is 13.0. The van der Waals surface area contributed by atoms with E-state index >= 15 is 0 Å². The zero-order chi connectivity index (χ0) is 16.7. The fourth-order valence-electron chi connectivity index (χ4n) is 1.78. The lowest BCUT2D eigenvalue weighted by atomic mass is 10.1. The highest BCUT2D eigenvalue weighted by molar-refractivity contribution is 5.94. The van der Waals surface area contributed by atoms with Crippen LogP contribution in [0.15, 0.2) is 42.6 Å². The molecule has 0 radical (unpaired) electrons. The Balaban J connectivity index is 1.69. The van der Waals surface area contributed by atoms with Gasteiger partial charge in [0.15, 0.2) is 0 Å². The average Bonchev–Trinajstić information content (AvgIpc) is 3.05. The minimum absolute atomic E-state index is 0.0418. The number of carbonyl (C=O) groups excluding carboxylic acids is 3. The van der Waals surface area contributed by atoms with Crippen LogP contribution in [0, 0.1) is 5.82 Å². The Morgan fingerprint density at radius 3 is 2.57 bits per heavy atom. The second-order valence-electron chi connectivity index (χ2n) is 4.67. The molecule has 4 N–H and O–H groups in total. The molecule has 0 spiro atoms. The van der Waals surface area contributed by atoms with Gasteiger partial charge in [-0.1, -0.05) is 12.1 Å². The Labute approximate surface area is 131 Å². The van der Waals surface area contributed by atoms with Crippen LogP contribution in [0.1, 0.15) is 16.1 Å². The van der Waals surface area contributed by atoms with Crippen LogP contribution in [0.5, 0.6) is 0 Å². The van der Waals surface area contributed by atoms with E-state index in [1.165, 1.54) is 18.2 Å². The van der Waals surface area contributed by atoms with E-state index in [0.29, 0.717) is 11.3 Å². The van der Waals surface area contributed by atoms with Crippen molar-refractivity contribution in [2.75, 3.05) is 6.54 Å². The van der Waals surface area contributed by atoms with Crippen molar-refractivity contribution >= 4 is 17.7 Å². The Morgan fingerprint density at radius 2 is 1.87 bits per heavy atom. The van der Waals surface area contributed by atoms with Gasteiger partial charge in [-0.15, -0.1) is 0 Å². The van der Waals surface area contributed by atoms with E-state index in [4.69, 9.17) is 0 Å². The molecule has 0 unspecified atom stereocenters. The fourth-order valence-corrected chi connectivity index (χ4v) is 1.78. The lowest BCUT2D eigenvalue weighted by Crippen LogP contribution is -2.46. The van der Waals surface area contributed by atoms with E-state index in [9.17, 15) is 18.8 Å². The first-order chi connectivity index (χ1) is 11.0. The van der Waals surface area contributed by atoms with Crippen molar-refractivity contribution in [3.63, 3.8) is 0 Å². The highest BCUT2D eigenvalue weighted by Gasteiger charge is 2.09. The van der Waals surface area contributed by atoms with Crippen LogP contribution in [0.3, 0.4) is 0 Å². The van der Waals surface area contributed by atoms with Gasteiger partial charge in [-0.05, 0) is 29.8 Å². The van der Waals surface area contributed by atoms with Gasteiger partial charge in [0.2, 0.25) is 5.91 Å². The number of amides is 3. The second-order valence-corrected chi connectivity index (χ2v) is 4.67. The molecule has 7 nitrogen and oxygen atoms in total. The highest BCUT2D eigenvalue weighted by Crippen LogP contribution is 2.03. The topological polar surface area (TPSA) is 103 Å². The molecule has 3 amide bonds. The van der Waals surface area contributed by atoms with Crippen LogP contribution >= 0.6 is 0 Å².